The summed E-state index contributed by atoms with van der Waals surface area (Å²) in [5.74, 6) is -1.44. The Morgan fingerprint density at radius 1 is 1.00 bits per heavy atom. The summed E-state index contributed by atoms with van der Waals surface area (Å²) in [6.07, 6.45) is 0. The number of anilines is 2. The highest BCUT2D eigenvalue weighted by molar-refractivity contribution is 14.1. The summed E-state index contributed by atoms with van der Waals surface area (Å²) < 4.78 is 1.06. The fraction of sp³-hybridized carbons (Fsp3) is 0.0667. The maximum Gasteiger partial charge on any atom is 0.314 e. The second-order valence-corrected chi connectivity index (χ2v) is 6.06. The van der Waals surface area contributed by atoms with Crippen LogP contribution in [0.25, 0.3) is 0 Å². The smallest absolute Gasteiger partial charge is 0.314 e. The average Bonchev–Trinajstić information content (AvgIpc) is 2.44. The standard InChI is InChI=1S/C15H12ClIN2O2/c1-9-8-11(17)4-7-13(9)19-15(21)14(20)18-12-5-2-10(16)3-6-12/h2-8H,1H3,(H,18,20)(H,19,21). The van der Waals surface area contributed by atoms with Crippen molar-refractivity contribution in [2.24, 2.45) is 0 Å². The van der Waals surface area contributed by atoms with E-state index in [0.717, 1.165) is 9.13 Å². The highest BCUT2D eigenvalue weighted by Gasteiger charge is 2.14. The average molecular weight is 415 g/mol. The first-order valence-corrected chi connectivity index (χ1v) is 7.55. The molecule has 0 aliphatic rings. The first-order valence-electron chi connectivity index (χ1n) is 6.10. The molecular weight excluding hydrogens is 403 g/mol. The minimum Gasteiger partial charge on any atom is -0.318 e. The molecule has 0 fully saturated rings. The fourth-order valence-electron chi connectivity index (χ4n) is 1.67. The molecule has 0 heterocycles. The zero-order valence-electron chi connectivity index (χ0n) is 11.1. The van der Waals surface area contributed by atoms with Gasteiger partial charge in [-0.25, -0.2) is 0 Å². The molecule has 108 valence electrons. The number of carbonyl (C=O) groups is 2. The summed E-state index contributed by atoms with van der Waals surface area (Å²) in [6.45, 7) is 1.87. The van der Waals surface area contributed by atoms with E-state index < -0.39 is 11.8 Å². The summed E-state index contributed by atoms with van der Waals surface area (Å²) >= 11 is 7.94. The van der Waals surface area contributed by atoms with Crippen LogP contribution in [0, 0.1) is 10.5 Å². The van der Waals surface area contributed by atoms with Crippen molar-refractivity contribution in [2.45, 2.75) is 6.92 Å². The van der Waals surface area contributed by atoms with Crippen molar-refractivity contribution in [3.8, 4) is 0 Å². The third kappa shape index (κ3) is 4.44. The molecule has 0 spiro atoms. The van der Waals surface area contributed by atoms with E-state index in [4.69, 9.17) is 11.6 Å². The van der Waals surface area contributed by atoms with Crippen molar-refractivity contribution in [3.63, 3.8) is 0 Å². The molecule has 2 rings (SSSR count). The lowest BCUT2D eigenvalue weighted by Crippen LogP contribution is -2.29. The van der Waals surface area contributed by atoms with Crippen LogP contribution in [0.2, 0.25) is 5.02 Å². The molecule has 4 nitrogen and oxygen atoms in total. The lowest BCUT2D eigenvalue weighted by Gasteiger charge is -2.09. The molecule has 6 heteroatoms. The number of halogens is 2. The SMILES string of the molecule is Cc1cc(I)ccc1NC(=O)C(=O)Nc1ccc(Cl)cc1. The van der Waals surface area contributed by atoms with Crippen LogP contribution in [0.4, 0.5) is 11.4 Å². The molecule has 0 saturated carbocycles. The molecule has 2 N–H and O–H groups in total. The molecule has 0 bridgehead atoms. The third-order valence-corrected chi connectivity index (χ3v) is 3.67. The summed E-state index contributed by atoms with van der Waals surface area (Å²) in [6, 6.07) is 12.1. The largest absolute Gasteiger partial charge is 0.318 e. The zero-order valence-corrected chi connectivity index (χ0v) is 14.0. The molecular formula is C15H12ClIN2O2. The molecule has 0 aliphatic heterocycles. The minimum atomic E-state index is -0.727. The van der Waals surface area contributed by atoms with Crippen LogP contribution >= 0.6 is 34.2 Å². The van der Waals surface area contributed by atoms with Crippen LogP contribution in [0.15, 0.2) is 42.5 Å². The van der Waals surface area contributed by atoms with Crippen molar-refractivity contribution in [3.05, 3.63) is 56.6 Å². The van der Waals surface area contributed by atoms with Gasteiger partial charge in [0.2, 0.25) is 0 Å². The van der Waals surface area contributed by atoms with Crippen LogP contribution in [0.3, 0.4) is 0 Å². The number of benzene rings is 2. The van der Waals surface area contributed by atoms with E-state index in [1.165, 1.54) is 0 Å². The molecule has 21 heavy (non-hydrogen) atoms. The molecule has 0 radical (unpaired) electrons. The molecule has 0 atom stereocenters. The Kier molecular flexibility index (Phi) is 5.19. The van der Waals surface area contributed by atoms with Crippen molar-refractivity contribution in [2.75, 3.05) is 10.6 Å². The number of aryl methyl sites for hydroxylation is 1. The van der Waals surface area contributed by atoms with Crippen LogP contribution in [-0.4, -0.2) is 11.8 Å². The van der Waals surface area contributed by atoms with Gasteiger partial charge in [-0.3, -0.25) is 9.59 Å². The van der Waals surface area contributed by atoms with Gasteiger partial charge in [-0.15, -0.1) is 0 Å². The number of hydrogen-bond acceptors (Lipinski definition) is 2. The first kappa shape index (κ1) is 15.8. The van der Waals surface area contributed by atoms with Crippen LogP contribution in [0.5, 0.6) is 0 Å². The Balaban J connectivity index is 2.02. The summed E-state index contributed by atoms with van der Waals surface area (Å²) in [7, 11) is 0. The Morgan fingerprint density at radius 3 is 2.24 bits per heavy atom. The van der Waals surface area contributed by atoms with E-state index in [0.29, 0.717) is 16.4 Å². The summed E-state index contributed by atoms with van der Waals surface area (Å²) in [4.78, 5) is 23.7. The molecule has 0 saturated heterocycles. The van der Waals surface area contributed by atoms with E-state index in [2.05, 4.69) is 33.2 Å². The summed E-state index contributed by atoms with van der Waals surface area (Å²) in [5, 5.41) is 5.66. The van der Waals surface area contributed by atoms with Crippen LogP contribution in [-0.2, 0) is 9.59 Å². The predicted octanol–water partition coefficient (Wildman–Crippen LogP) is 3.83. The molecule has 0 aromatic heterocycles. The van der Waals surface area contributed by atoms with E-state index in [-0.39, 0.29) is 0 Å². The van der Waals surface area contributed by atoms with Gasteiger partial charge in [0.25, 0.3) is 0 Å². The monoisotopic (exact) mass is 414 g/mol. The van der Waals surface area contributed by atoms with Gasteiger partial charge in [0.1, 0.15) is 0 Å². The quantitative estimate of drug-likeness (QED) is 0.580. The molecule has 0 aliphatic carbocycles. The number of hydrogen-bond donors (Lipinski definition) is 2. The highest BCUT2D eigenvalue weighted by atomic mass is 127. The van der Waals surface area contributed by atoms with Gasteiger partial charge >= 0.3 is 11.8 Å². The second kappa shape index (κ2) is 6.91. The van der Waals surface area contributed by atoms with Gasteiger partial charge in [0, 0.05) is 20.0 Å². The zero-order chi connectivity index (χ0) is 15.4. The third-order valence-electron chi connectivity index (χ3n) is 2.74. The van der Waals surface area contributed by atoms with E-state index in [1.807, 2.05) is 19.1 Å². The molecule has 2 aromatic rings. The Morgan fingerprint density at radius 2 is 1.62 bits per heavy atom. The normalized spacial score (nSPS) is 10.0. The first-order chi connectivity index (χ1) is 9.95. The summed E-state index contributed by atoms with van der Waals surface area (Å²) in [5.41, 5.74) is 2.03. The van der Waals surface area contributed by atoms with E-state index >= 15 is 0 Å². The topological polar surface area (TPSA) is 58.2 Å². The Bertz CT molecular complexity index is 687. The number of amides is 2. The van der Waals surface area contributed by atoms with Crippen molar-refractivity contribution in [1.29, 1.82) is 0 Å². The minimum absolute atomic E-state index is 0.513. The van der Waals surface area contributed by atoms with Crippen molar-refractivity contribution < 1.29 is 9.59 Å². The van der Waals surface area contributed by atoms with E-state index in [1.54, 1.807) is 30.3 Å². The second-order valence-electron chi connectivity index (χ2n) is 4.37. The number of rotatable bonds is 2. The van der Waals surface area contributed by atoms with E-state index in [9.17, 15) is 9.59 Å². The highest BCUT2D eigenvalue weighted by Crippen LogP contribution is 2.18. The van der Waals surface area contributed by atoms with Gasteiger partial charge in [0.05, 0.1) is 0 Å². The maximum atomic E-state index is 11.9. The molecule has 0 unspecified atom stereocenters. The van der Waals surface area contributed by atoms with Crippen LogP contribution in [0.1, 0.15) is 5.56 Å². The number of carbonyl (C=O) groups excluding carboxylic acids is 2. The van der Waals surface area contributed by atoms with Gasteiger partial charge in [-0.05, 0) is 77.5 Å². The fourth-order valence-corrected chi connectivity index (χ4v) is 2.44. The number of nitrogens with one attached hydrogen (secondary N) is 2. The van der Waals surface area contributed by atoms with Crippen molar-refractivity contribution in [1.82, 2.24) is 0 Å². The molecule has 2 aromatic carbocycles. The predicted molar refractivity (Wildman–Crippen MR) is 92.6 cm³/mol. The van der Waals surface area contributed by atoms with Gasteiger partial charge < -0.3 is 10.6 Å². The Hall–Kier alpha value is -1.60. The van der Waals surface area contributed by atoms with Crippen molar-refractivity contribution >= 4 is 57.4 Å². The maximum absolute atomic E-state index is 11.9. The molecule has 2 amide bonds. The lowest BCUT2D eigenvalue weighted by atomic mass is 10.2. The van der Waals surface area contributed by atoms with Crippen LogP contribution < -0.4 is 10.6 Å². The van der Waals surface area contributed by atoms with Gasteiger partial charge in [-0.2, -0.15) is 0 Å². The lowest BCUT2D eigenvalue weighted by molar-refractivity contribution is -0.133. The van der Waals surface area contributed by atoms with Gasteiger partial charge in [-0.1, -0.05) is 11.6 Å². The van der Waals surface area contributed by atoms with Gasteiger partial charge in [0.15, 0.2) is 0 Å². The Labute approximate surface area is 141 Å².